The van der Waals surface area contributed by atoms with Crippen molar-refractivity contribution in [1.29, 1.82) is 0 Å². The van der Waals surface area contributed by atoms with E-state index < -0.39 is 0 Å². The van der Waals surface area contributed by atoms with Crippen molar-refractivity contribution >= 4 is 12.0 Å². The number of anilines is 1. The maximum absolute atomic E-state index is 5.45. The van der Waals surface area contributed by atoms with Crippen LogP contribution in [0.3, 0.4) is 0 Å². The van der Waals surface area contributed by atoms with E-state index in [1.807, 2.05) is 77.6 Å². The molecule has 4 aromatic rings. The van der Waals surface area contributed by atoms with Crippen LogP contribution in [0.1, 0.15) is 5.56 Å². The minimum absolute atomic E-state index is 0.638. The molecule has 0 radical (unpaired) electrons. The van der Waals surface area contributed by atoms with Crippen LogP contribution in [0.15, 0.2) is 84.2 Å². The molecule has 0 aliphatic rings. The second kappa shape index (κ2) is 8.91. The number of pyridine rings is 1. The Labute approximate surface area is 174 Å². The lowest BCUT2D eigenvalue weighted by atomic mass is 10.1. The summed E-state index contributed by atoms with van der Waals surface area (Å²) < 4.78 is 12.6. The zero-order chi connectivity index (χ0) is 20.8. The zero-order valence-electron chi connectivity index (χ0n) is 16.7. The molecule has 7 nitrogen and oxygen atoms in total. The van der Waals surface area contributed by atoms with Crippen molar-refractivity contribution in [3.63, 3.8) is 0 Å². The summed E-state index contributed by atoms with van der Waals surface area (Å²) in [4.78, 5) is 4.21. The number of aromatic nitrogens is 3. The van der Waals surface area contributed by atoms with E-state index in [0.29, 0.717) is 17.3 Å². The van der Waals surface area contributed by atoms with Crippen LogP contribution >= 0.6 is 0 Å². The van der Waals surface area contributed by atoms with Gasteiger partial charge in [-0.15, -0.1) is 0 Å². The Kier molecular flexibility index (Phi) is 5.70. The van der Waals surface area contributed by atoms with Gasteiger partial charge in [0.15, 0.2) is 11.5 Å². The standard InChI is InChI=1S/C23H21N5O2/c1-29-20-12-11-17(14-21(20)30-2)23-18(15-25-26-22-10-6-7-13-24-22)16-28(27-23)19-8-4-3-5-9-19/h3-16H,1-2H3,(H,24,26)/b25-15-. The van der Waals surface area contributed by atoms with Gasteiger partial charge in [-0.1, -0.05) is 24.3 Å². The SMILES string of the molecule is COc1ccc(-c2nn(-c3ccccc3)cc2/C=N\Nc2ccccn2)cc1OC. The van der Waals surface area contributed by atoms with E-state index in [0.717, 1.165) is 22.5 Å². The van der Waals surface area contributed by atoms with E-state index in [1.54, 1.807) is 26.6 Å². The van der Waals surface area contributed by atoms with Crippen LogP contribution < -0.4 is 14.9 Å². The van der Waals surface area contributed by atoms with Gasteiger partial charge in [0.25, 0.3) is 0 Å². The topological polar surface area (TPSA) is 73.6 Å². The number of methoxy groups -OCH3 is 2. The highest BCUT2D eigenvalue weighted by Gasteiger charge is 2.14. The van der Waals surface area contributed by atoms with Crippen LogP contribution in [-0.2, 0) is 0 Å². The summed E-state index contributed by atoms with van der Waals surface area (Å²) in [6.07, 6.45) is 5.37. The molecule has 4 rings (SSSR count). The van der Waals surface area contributed by atoms with Gasteiger partial charge in [0.1, 0.15) is 11.5 Å². The third-order valence-electron chi connectivity index (χ3n) is 4.47. The van der Waals surface area contributed by atoms with Gasteiger partial charge in [0.2, 0.25) is 0 Å². The van der Waals surface area contributed by atoms with Crippen molar-refractivity contribution in [3.05, 3.63) is 84.7 Å². The second-order valence-electron chi connectivity index (χ2n) is 6.37. The number of nitrogens with zero attached hydrogens (tertiary/aromatic N) is 4. The summed E-state index contributed by atoms with van der Waals surface area (Å²) in [6.45, 7) is 0. The monoisotopic (exact) mass is 399 g/mol. The number of hydrogen-bond acceptors (Lipinski definition) is 6. The zero-order valence-corrected chi connectivity index (χ0v) is 16.7. The van der Waals surface area contributed by atoms with Crippen LogP contribution in [0.2, 0.25) is 0 Å². The fraction of sp³-hybridized carbons (Fsp3) is 0.0870. The number of hydrogen-bond donors (Lipinski definition) is 1. The van der Waals surface area contributed by atoms with Crippen molar-refractivity contribution in [2.24, 2.45) is 5.10 Å². The summed E-state index contributed by atoms with van der Waals surface area (Å²) in [5, 5.41) is 9.13. The predicted molar refractivity (Wildman–Crippen MR) is 118 cm³/mol. The van der Waals surface area contributed by atoms with Crippen molar-refractivity contribution in [2.75, 3.05) is 19.6 Å². The minimum Gasteiger partial charge on any atom is -0.493 e. The molecule has 0 atom stereocenters. The highest BCUT2D eigenvalue weighted by Crippen LogP contribution is 2.33. The van der Waals surface area contributed by atoms with E-state index in [9.17, 15) is 0 Å². The highest BCUT2D eigenvalue weighted by atomic mass is 16.5. The summed E-state index contributed by atoms with van der Waals surface area (Å²) in [5.41, 5.74) is 6.40. The highest BCUT2D eigenvalue weighted by molar-refractivity contribution is 5.89. The lowest BCUT2D eigenvalue weighted by Crippen LogP contribution is -1.95. The van der Waals surface area contributed by atoms with Gasteiger partial charge < -0.3 is 9.47 Å². The Hall–Kier alpha value is -4.13. The van der Waals surface area contributed by atoms with E-state index in [1.165, 1.54) is 0 Å². The molecule has 0 spiro atoms. The first-order valence-electron chi connectivity index (χ1n) is 9.36. The molecule has 0 aliphatic heterocycles. The molecule has 2 aromatic heterocycles. The molecule has 2 aromatic carbocycles. The molecular weight excluding hydrogens is 378 g/mol. The average molecular weight is 399 g/mol. The first kappa shape index (κ1) is 19.2. The fourth-order valence-corrected chi connectivity index (χ4v) is 3.00. The van der Waals surface area contributed by atoms with E-state index in [4.69, 9.17) is 14.6 Å². The Morgan fingerprint density at radius 3 is 2.47 bits per heavy atom. The van der Waals surface area contributed by atoms with E-state index in [-0.39, 0.29) is 0 Å². The number of benzene rings is 2. The number of hydrazone groups is 1. The quantitative estimate of drug-likeness (QED) is 0.368. The Morgan fingerprint density at radius 1 is 0.933 bits per heavy atom. The smallest absolute Gasteiger partial charge is 0.161 e. The van der Waals surface area contributed by atoms with Gasteiger partial charge >= 0.3 is 0 Å². The lowest BCUT2D eigenvalue weighted by molar-refractivity contribution is 0.355. The number of rotatable bonds is 7. The number of ether oxygens (including phenoxy) is 2. The predicted octanol–water partition coefficient (Wildman–Crippen LogP) is 4.40. The summed E-state index contributed by atoms with van der Waals surface area (Å²) in [6, 6.07) is 21.2. The molecular formula is C23H21N5O2. The van der Waals surface area contributed by atoms with Crippen molar-refractivity contribution in [1.82, 2.24) is 14.8 Å². The summed E-state index contributed by atoms with van der Waals surface area (Å²) in [5.74, 6) is 1.96. The fourth-order valence-electron chi connectivity index (χ4n) is 3.00. The van der Waals surface area contributed by atoms with Gasteiger partial charge in [-0.05, 0) is 42.5 Å². The van der Waals surface area contributed by atoms with Crippen LogP contribution in [0.4, 0.5) is 5.82 Å². The van der Waals surface area contributed by atoms with Crippen LogP contribution in [0.5, 0.6) is 11.5 Å². The minimum atomic E-state index is 0.638. The number of para-hydroxylation sites is 1. The largest absolute Gasteiger partial charge is 0.493 e. The summed E-state index contributed by atoms with van der Waals surface area (Å²) >= 11 is 0. The van der Waals surface area contributed by atoms with Gasteiger partial charge in [0, 0.05) is 23.5 Å². The molecule has 1 N–H and O–H groups in total. The molecule has 0 saturated heterocycles. The average Bonchev–Trinajstić information content (AvgIpc) is 3.24. The Bertz CT molecular complexity index is 1140. The molecule has 0 fully saturated rings. The lowest BCUT2D eigenvalue weighted by Gasteiger charge is -2.09. The van der Waals surface area contributed by atoms with Gasteiger partial charge in [0.05, 0.1) is 26.1 Å². The van der Waals surface area contributed by atoms with E-state index in [2.05, 4.69) is 15.5 Å². The van der Waals surface area contributed by atoms with Crippen LogP contribution in [0.25, 0.3) is 16.9 Å². The van der Waals surface area contributed by atoms with Crippen LogP contribution in [0, 0.1) is 0 Å². The van der Waals surface area contributed by atoms with Crippen molar-refractivity contribution in [2.45, 2.75) is 0 Å². The first-order chi connectivity index (χ1) is 14.8. The third kappa shape index (κ3) is 4.15. The van der Waals surface area contributed by atoms with Gasteiger partial charge in [-0.2, -0.15) is 10.2 Å². The van der Waals surface area contributed by atoms with Gasteiger partial charge in [-0.3, -0.25) is 5.43 Å². The molecule has 0 saturated carbocycles. The molecule has 0 bridgehead atoms. The third-order valence-corrected chi connectivity index (χ3v) is 4.47. The maximum Gasteiger partial charge on any atom is 0.161 e. The first-order valence-corrected chi connectivity index (χ1v) is 9.36. The molecule has 150 valence electrons. The van der Waals surface area contributed by atoms with Crippen LogP contribution in [-0.4, -0.2) is 35.2 Å². The normalized spacial score (nSPS) is 10.9. The molecule has 7 heteroatoms. The maximum atomic E-state index is 5.45. The Morgan fingerprint density at radius 2 is 1.73 bits per heavy atom. The molecule has 0 amide bonds. The molecule has 0 unspecified atom stereocenters. The summed E-state index contributed by atoms with van der Waals surface area (Å²) in [7, 11) is 3.23. The second-order valence-corrected chi connectivity index (χ2v) is 6.37. The van der Waals surface area contributed by atoms with Crippen molar-refractivity contribution < 1.29 is 9.47 Å². The molecule has 0 aliphatic carbocycles. The number of nitrogens with one attached hydrogen (secondary N) is 1. The molecule has 2 heterocycles. The molecule has 30 heavy (non-hydrogen) atoms. The Balaban J connectivity index is 1.73. The van der Waals surface area contributed by atoms with Gasteiger partial charge in [-0.25, -0.2) is 9.67 Å². The van der Waals surface area contributed by atoms with E-state index >= 15 is 0 Å². The van der Waals surface area contributed by atoms with Crippen molar-refractivity contribution in [3.8, 4) is 28.4 Å².